The highest BCUT2D eigenvalue weighted by Gasteiger charge is 2.24. The summed E-state index contributed by atoms with van der Waals surface area (Å²) in [6.45, 7) is 0.00769. The van der Waals surface area contributed by atoms with Gasteiger partial charge in [-0.15, -0.1) is 12.4 Å². The van der Waals surface area contributed by atoms with Gasteiger partial charge in [0, 0.05) is 0 Å². The average Bonchev–Trinajstić information content (AvgIpc) is 1.99. The van der Waals surface area contributed by atoms with Gasteiger partial charge in [-0.25, -0.2) is 0 Å². The van der Waals surface area contributed by atoms with E-state index in [9.17, 15) is 14.4 Å². The number of halogens is 1. The van der Waals surface area contributed by atoms with Crippen LogP contribution in [0.1, 0.15) is 6.92 Å². The van der Waals surface area contributed by atoms with E-state index in [2.05, 4.69) is 0 Å². The molecule has 3 N–H and O–H groups in total. The zero-order chi connectivity index (χ0) is 11.3. The lowest BCUT2D eigenvalue weighted by Gasteiger charge is -2.21. The quantitative estimate of drug-likeness (QED) is 0.566. The van der Waals surface area contributed by atoms with Crippen molar-refractivity contribution in [3.63, 3.8) is 0 Å². The number of carboxylic acids is 3. The molecule has 0 radical (unpaired) electrons. The average molecular weight is 242 g/mol. The first-order valence-corrected chi connectivity index (χ1v) is 3.75. The van der Waals surface area contributed by atoms with E-state index in [0.29, 0.717) is 0 Å². The first-order valence-electron chi connectivity index (χ1n) is 3.75. The van der Waals surface area contributed by atoms with E-state index in [4.69, 9.17) is 15.3 Å². The summed E-state index contributed by atoms with van der Waals surface area (Å²) in [6, 6.07) is -1.14. The molecule has 0 aliphatic rings. The normalized spacial score (nSPS) is 11.6. The SMILES string of the molecule is C[C@@H](C(=O)O)N(CC(=O)O)CC(=O)O.Cl. The molecule has 7 nitrogen and oxygen atoms in total. The molecule has 0 unspecified atom stereocenters. The van der Waals surface area contributed by atoms with Gasteiger partial charge in [-0.1, -0.05) is 0 Å². The molecule has 0 bridgehead atoms. The smallest absolute Gasteiger partial charge is 0.320 e. The molecule has 0 rings (SSSR count). The Morgan fingerprint density at radius 3 is 1.60 bits per heavy atom. The van der Waals surface area contributed by atoms with Gasteiger partial charge in [0.15, 0.2) is 0 Å². The largest absolute Gasteiger partial charge is 0.480 e. The molecule has 0 fully saturated rings. The fraction of sp³-hybridized carbons (Fsp3) is 0.571. The van der Waals surface area contributed by atoms with Crippen molar-refractivity contribution in [3.05, 3.63) is 0 Å². The summed E-state index contributed by atoms with van der Waals surface area (Å²) < 4.78 is 0. The molecule has 0 saturated carbocycles. The number of carboxylic acid groups (broad SMARTS) is 3. The van der Waals surface area contributed by atoms with Crippen molar-refractivity contribution in [1.29, 1.82) is 0 Å². The topological polar surface area (TPSA) is 115 Å². The number of nitrogens with zero attached hydrogens (tertiary/aromatic N) is 1. The molecular formula is C7H12ClNO6. The molecular weight excluding hydrogens is 230 g/mol. The van der Waals surface area contributed by atoms with Gasteiger partial charge in [0.2, 0.25) is 0 Å². The van der Waals surface area contributed by atoms with Gasteiger partial charge in [-0.3, -0.25) is 19.3 Å². The second-order valence-corrected chi connectivity index (χ2v) is 2.71. The maximum Gasteiger partial charge on any atom is 0.320 e. The Morgan fingerprint density at radius 2 is 1.40 bits per heavy atom. The first-order chi connectivity index (χ1) is 6.34. The minimum Gasteiger partial charge on any atom is -0.480 e. The van der Waals surface area contributed by atoms with Crippen LogP contribution >= 0.6 is 12.4 Å². The van der Waals surface area contributed by atoms with Crippen molar-refractivity contribution in [2.45, 2.75) is 13.0 Å². The summed E-state index contributed by atoms with van der Waals surface area (Å²) in [6.07, 6.45) is 0. The van der Waals surface area contributed by atoms with Gasteiger partial charge in [-0.05, 0) is 6.92 Å². The van der Waals surface area contributed by atoms with Crippen LogP contribution in [0.4, 0.5) is 0 Å². The number of hydrogen-bond acceptors (Lipinski definition) is 4. The van der Waals surface area contributed by atoms with Gasteiger partial charge < -0.3 is 15.3 Å². The Bertz CT molecular complexity index is 240. The number of hydrogen-bond donors (Lipinski definition) is 3. The Balaban J connectivity index is 0. The molecule has 88 valence electrons. The van der Waals surface area contributed by atoms with E-state index in [1.165, 1.54) is 6.92 Å². The maximum absolute atomic E-state index is 10.5. The van der Waals surface area contributed by atoms with Gasteiger partial charge >= 0.3 is 17.9 Å². The standard InChI is InChI=1S/C7H11NO6.ClH/c1-4(7(13)14)8(2-5(9)10)3-6(11)12;/h4H,2-3H2,1H3,(H,9,10)(H,11,12)(H,13,14);1H/t4-;/m0./s1. The molecule has 0 heterocycles. The van der Waals surface area contributed by atoms with Gasteiger partial charge in [0.25, 0.3) is 0 Å². The molecule has 0 saturated heterocycles. The number of aliphatic carboxylic acids is 3. The van der Waals surface area contributed by atoms with E-state index in [1.54, 1.807) is 0 Å². The maximum atomic E-state index is 10.5. The fourth-order valence-electron chi connectivity index (χ4n) is 0.833. The monoisotopic (exact) mass is 241 g/mol. The molecule has 8 heteroatoms. The molecule has 1 atom stereocenters. The van der Waals surface area contributed by atoms with Gasteiger partial charge in [0.1, 0.15) is 6.04 Å². The number of rotatable bonds is 6. The highest BCUT2D eigenvalue weighted by atomic mass is 35.5. The van der Waals surface area contributed by atoms with Crippen LogP contribution in [0.2, 0.25) is 0 Å². The fourth-order valence-corrected chi connectivity index (χ4v) is 0.833. The Hall–Kier alpha value is -1.34. The highest BCUT2D eigenvalue weighted by molar-refractivity contribution is 5.85. The molecule has 15 heavy (non-hydrogen) atoms. The van der Waals surface area contributed by atoms with E-state index >= 15 is 0 Å². The molecule has 0 aliphatic heterocycles. The lowest BCUT2D eigenvalue weighted by Crippen LogP contribution is -2.44. The highest BCUT2D eigenvalue weighted by Crippen LogP contribution is 1.98. The van der Waals surface area contributed by atoms with E-state index in [-0.39, 0.29) is 12.4 Å². The van der Waals surface area contributed by atoms with Crippen molar-refractivity contribution >= 4 is 30.3 Å². The summed E-state index contributed by atoms with van der Waals surface area (Å²) >= 11 is 0. The molecule has 0 spiro atoms. The first kappa shape index (κ1) is 16.1. The van der Waals surface area contributed by atoms with Crippen LogP contribution in [0, 0.1) is 0 Å². The summed E-state index contributed by atoms with van der Waals surface area (Å²) in [5.74, 6) is -3.79. The van der Waals surface area contributed by atoms with Crippen molar-refractivity contribution < 1.29 is 29.7 Å². The van der Waals surface area contributed by atoms with Crippen molar-refractivity contribution in [2.24, 2.45) is 0 Å². The summed E-state index contributed by atoms with van der Waals surface area (Å²) in [5.41, 5.74) is 0. The van der Waals surface area contributed by atoms with E-state index in [0.717, 1.165) is 4.90 Å². The zero-order valence-corrected chi connectivity index (χ0v) is 8.73. The van der Waals surface area contributed by atoms with Crippen LogP contribution < -0.4 is 0 Å². The zero-order valence-electron chi connectivity index (χ0n) is 7.91. The number of carbonyl (C=O) groups is 3. The van der Waals surface area contributed by atoms with Crippen molar-refractivity contribution in [2.75, 3.05) is 13.1 Å². The second-order valence-electron chi connectivity index (χ2n) is 2.71. The van der Waals surface area contributed by atoms with Crippen LogP contribution in [0.3, 0.4) is 0 Å². The van der Waals surface area contributed by atoms with E-state index < -0.39 is 37.0 Å². The van der Waals surface area contributed by atoms with Crippen molar-refractivity contribution in [3.8, 4) is 0 Å². The van der Waals surface area contributed by atoms with Crippen molar-refractivity contribution in [1.82, 2.24) is 4.90 Å². The summed E-state index contributed by atoms with van der Waals surface area (Å²) in [4.78, 5) is 31.9. The van der Waals surface area contributed by atoms with E-state index in [1.807, 2.05) is 0 Å². The molecule has 0 aromatic carbocycles. The molecule has 0 aliphatic carbocycles. The molecule has 0 aromatic rings. The van der Waals surface area contributed by atoms with Gasteiger partial charge in [0.05, 0.1) is 13.1 Å². The third kappa shape index (κ3) is 6.69. The predicted molar refractivity (Wildman–Crippen MR) is 51.2 cm³/mol. The molecule has 0 aromatic heterocycles. The predicted octanol–water partition coefficient (Wildman–Crippen LogP) is -0.647. The minimum absolute atomic E-state index is 0. The summed E-state index contributed by atoms with van der Waals surface area (Å²) in [7, 11) is 0. The summed E-state index contributed by atoms with van der Waals surface area (Å²) in [5, 5.41) is 25.4. The Morgan fingerprint density at radius 1 is 1.07 bits per heavy atom. The molecule has 0 amide bonds. The third-order valence-electron chi connectivity index (χ3n) is 1.58. The Labute approximate surface area is 91.7 Å². The Kier molecular flexibility index (Phi) is 7.53. The third-order valence-corrected chi connectivity index (χ3v) is 1.58. The lowest BCUT2D eigenvalue weighted by atomic mass is 10.3. The minimum atomic E-state index is -1.26. The lowest BCUT2D eigenvalue weighted by molar-refractivity contribution is -0.148. The van der Waals surface area contributed by atoms with Crippen LogP contribution in [0.25, 0.3) is 0 Å². The van der Waals surface area contributed by atoms with Gasteiger partial charge in [-0.2, -0.15) is 0 Å². The van der Waals surface area contributed by atoms with Crippen LogP contribution in [0.15, 0.2) is 0 Å². The van der Waals surface area contributed by atoms with Crippen LogP contribution in [-0.4, -0.2) is 57.3 Å². The van der Waals surface area contributed by atoms with Crippen LogP contribution in [-0.2, 0) is 14.4 Å². The van der Waals surface area contributed by atoms with Crippen LogP contribution in [0.5, 0.6) is 0 Å². The second kappa shape index (κ2) is 7.02.